The van der Waals surface area contributed by atoms with E-state index in [1.54, 1.807) is 0 Å². The lowest BCUT2D eigenvalue weighted by Crippen LogP contribution is -2.06. The van der Waals surface area contributed by atoms with Crippen molar-refractivity contribution in [3.63, 3.8) is 0 Å². The van der Waals surface area contributed by atoms with E-state index in [0.717, 1.165) is 6.07 Å². The van der Waals surface area contributed by atoms with Gasteiger partial charge >= 0.3 is 12.3 Å². The zero-order valence-electron chi connectivity index (χ0n) is 8.86. The highest BCUT2D eigenvalue weighted by Gasteiger charge is 2.32. The normalized spacial score (nSPS) is 11.5. The van der Waals surface area contributed by atoms with Crippen LogP contribution in [0, 0.1) is 0 Å². The molecule has 2 rings (SSSR count). The number of alkyl halides is 3. The number of hydrogen-bond donors (Lipinski definition) is 1. The topological polar surface area (TPSA) is 46.5 Å². The fraction of sp³-hybridized carbons (Fsp3) is 0.0833. The third-order valence-corrected chi connectivity index (χ3v) is 2.36. The van der Waals surface area contributed by atoms with Gasteiger partial charge in [0.05, 0.1) is 5.56 Å². The third-order valence-electron chi connectivity index (χ3n) is 2.36. The molecule has 6 heteroatoms. The minimum atomic E-state index is -4.45. The summed E-state index contributed by atoms with van der Waals surface area (Å²) < 4.78 is 42.5. The quantitative estimate of drug-likeness (QED) is 0.621. The molecule has 0 unspecified atom stereocenters. The van der Waals surface area contributed by atoms with E-state index in [1.165, 1.54) is 30.3 Å². The molecule has 0 amide bonds. The Balaban J connectivity index is 2.57. The van der Waals surface area contributed by atoms with Gasteiger partial charge in [0.15, 0.2) is 0 Å². The number of rotatable bonds is 1. The Bertz CT molecular complexity index is 605. The second kappa shape index (κ2) is 4.21. The summed E-state index contributed by atoms with van der Waals surface area (Å²) in [5.74, 6) is -0.0191. The summed E-state index contributed by atoms with van der Waals surface area (Å²) >= 11 is 0. The second-order valence-corrected chi connectivity index (χ2v) is 3.55. The summed E-state index contributed by atoms with van der Waals surface area (Å²) in [5.41, 5.74) is -0.762. The molecule has 18 heavy (non-hydrogen) atoms. The third kappa shape index (κ3) is 2.37. The van der Waals surface area contributed by atoms with Crippen molar-refractivity contribution in [1.29, 1.82) is 0 Å². The highest BCUT2D eigenvalue weighted by atomic mass is 19.4. The van der Waals surface area contributed by atoms with Gasteiger partial charge in [-0.05, 0) is 29.0 Å². The molecule has 0 saturated heterocycles. The van der Waals surface area contributed by atoms with Crippen LogP contribution in [0.2, 0.25) is 0 Å². The minimum Gasteiger partial charge on any atom is -0.449 e. The summed E-state index contributed by atoms with van der Waals surface area (Å²) in [6.45, 7) is 0. The molecule has 0 spiro atoms. The predicted molar refractivity (Wildman–Crippen MR) is 57.6 cm³/mol. The maximum absolute atomic E-state index is 12.7. The van der Waals surface area contributed by atoms with Crippen LogP contribution in [-0.4, -0.2) is 11.3 Å². The Kier molecular flexibility index (Phi) is 2.86. The molecule has 2 aromatic carbocycles. The zero-order valence-corrected chi connectivity index (χ0v) is 8.86. The average Bonchev–Trinajstić information content (AvgIpc) is 2.25. The van der Waals surface area contributed by atoms with Gasteiger partial charge in [0.25, 0.3) is 0 Å². The first-order valence-electron chi connectivity index (χ1n) is 4.88. The van der Waals surface area contributed by atoms with Crippen LogP contribution >= 0.6 is 0 Å². The van der Waals surface area contributed by atoms with E-state index in [0.29, 0.717) is 0 Å². The van der Waals surface area contributed by atoms with Crippen molar-refractivity contribution in [3.8, 4) is 5.75 Å². The first kappa shape index (κ1) is 12.2. The molecule has 0 aliphatic carbocycles. The van der Waals surface area contributed by atoms with Crippen molar-refractivity contribution >= 4 is 16.9 Å². The van der Waals surface area contributed by atoms with Crippen molar-refractivity contribution in [2.75, 3.05) is 0 Å². The first-order chi connectivity index (χ1) is 8.38. The predicted octanol–water partition coefficient (Wildman–Crippen LogP) is 3.92. The molecular formula is C12H7F3O3. The average molecular weight is 256 g/mol. The van der Waals surface area contributed by atoms with E-state index >= 15 is 0 Å². The Labute approximate surface area is 99.4 Å². The number of carboxylic acid groups (broad SMARTS) is 1. The molecule has 3 nitrogen and oxygen atoms in total. The van der Waals surface area contributed by atoms with Gasteiger partial charge in [-0.1, -0.05) is 18.2 Å². The van der Waals surface area contributed by atoms with Crippen molar-refractivity contribution < 1.29 is 27.8 Å². The fourth-order valence-electron chi connectivity index (χ4n) is 1.67. The number of carbonyl (C=O) groups is 1. The van der Waals surface area contributed by atoms with Crippen LogP contribution in [0.1, 0.15) is 5.56 Å². The Morgan fingerprint density at radius 1 is 1.17 bits per heavy atom. The molecular weight excluding hydrogens is 249 g/mol. The molecule has 2 aromatic rings. The Morgan fingerprint density at radius 3 is 2.50 bits per heavy atom. The molecule has 0 aliphatic rings. The second-order valence-electron chi connectivity index (χ2n) is 3.55. The first-order valence-corrected chi connectivity index (χ1v) is 4.88. The number of ether oxygens (including phenoxy) is 1. The van der Waals surface area contributed by atoms with E-state index in [4.69, 9.17) is 5.11 Å². The Morgan fingerprint density at radius 2 is 1.89 bits per heavy atom. The molecule has 1 N–H and O–H groups in total. The van der Waals surface area contributed by atoms with Crippen LogP contribution in [0.4, 0.5) is 18.0 Å². The standard InChI is InChI=1S/C12H7F3O3/c13-12(14,15)10-3-1-2-7-6-8(18-11(16)17)4-5-9(7)10/h1-6H,(H,16,17). The van der Waals surface area contributed by atoms with Crippen LogP contribution in [-0.2, 0) is 6.18 Å². The van der Waals surface area contributed by atoms with Crippen molar-refractivity contribution in [1.82, 2.24) is 0 Å². The largest absolute Gasteiger partial charge is 0.511 e. The highest BCUT2D eigenvalue weighted by molar-refractivity contribution is 5.87. The van der Waals surface area contributed by atoms with Crippen molar-refractivity contribution in [2.45, 2.75) is 6.18 Å². The summed E-state index contributed by atoms with van der Waals surface area (Å²) in [4.78, 5) is 10.3. The summed E-state index contributed by atoms with van der Waals surface area (Å²) in [6, 6.07) is 7.32. The van der Waals surface area contributed by atoms with Gasteiger partial charge in [-0.25, -0.2) is 4.79 Å². The summed E-state index contributed by atoms with van der Waals surface area (Å²) in [7, 11) is 0. The van der Waals surface area contributed by atoms with Gasteiger partial charge in [-0.15, -0.1) is 0 Å². The summed E-state index contributed by atoms with van der Waals surface area (Å²) in [6.07, 6.45) is -5.96. The maximum Gasteiger partial charge on any atom is 0.511 e. The van der Waals surface area contributed by atoms with E-state index in [-0.39, 0.29) is 16.5 Å². The van der Waals surface area contributed by atoms with Gasteiger partial charge in [-0.2, -0.15) is 13.2 Å². The molecule has 0 heterocycles. The van der Waals surface area contributed by atoms with Crippen LogP contribution < -0.4 is 4.74 Å². The van der Waals surface area contributed by atoms with Gasteiger partial charge in [0.1, 0.15) is 5.75 Å². The minimum absolute atomic E-state index is 0.00254. The van der Waals surface area contributed by atoms with Crippen molar-refractivity contribution in [2.24, 2.45) is 0 Å². The van der Waals surface area contributed by atoms with E-state index in [9.17, 15) is 18.0 Å². The number of benzene rings is 2. The summed E-state index contributed by atoms with van der Waals surface area (Å²) in [5, 5.41) is 8.69. The smallest absolute Gasteiger partial charge is 0.449 e. The van der Waals surface area contributed by atoms with Gasteiger partial charge in [-0.3, -0.25) is 0 Å². The number of hydrogen-bond acceptors (Lipinski definition) is 2. The lowest BCUT2D eigenvalue weighted by Gasteiger charge is -2.10. The van der Waals surface area contributed by atoms with Crippen LogP contribution in [0.15, 0.2) is 36.4 Å². The maximum atomic E-state index is 12.7. The molecule has 0 radical (unpaired) electrons. The fourth-order valence-corrected chi connectivity index (χ4v) is 1.67. The number of halogens is 3. The monoisotopic (exact) mass is 256 g/mol. The molecule has 0 bridgehead atoms. The molecule has 0 aliphatic heterocycles. The van der Waals surface area contributed by atoms with Gasteiger partial charge < -0.3 is 9.84 Å². The SMILES string of the molecule is O=C(O)Oc1ccc2c(C(F)(F)F)cccc2c1. The lowest BCUT2D eigenvalue weighted by atomic mass is 10.0. The lowest BCUT2D eigenvalue weighted by molar-refractivity contribution is -0.136. The van der Waals surface area contributed by atoms with Crippen molar-refractivity contribution in [3.05, 3.63) is 42.0 Å². The van der Waals surface area contributed by atoms with Crippen LogP contribution in [0.3, 0.4) is 0 Å². The molecule has 0 saturated carbocycles. The van der Waals surface area contributed by atoms with E-state index in [2.05, 4.69) is 4.74 Å². The zero-order chi connectivity index (χ0) is 13.3. The van der Waals surface area contributed by atoms with Crippen LogP contribution in [0.25, 0.3) is 10.8 Å². The molecule has 0 aromatic heterocycles. The highest BCUT2D eigenvalue weighted by Crippen LogP contribution is 2.35. The molecule has 0 fully saturated rings. The number of fused-ring (bicyclic) bond motifs is 1. The van der Waals surface area contributed by atoms with Gasteiger partial charge in [0, 0.05) is 0 Å². The Hall–Kier alpha value is -2.24. The van der Waals surface area contributed by atoms with Crippen LogP contribution in [0.5, 0.6) is 5.75 Å². The van der Waals surface area contributed by atoms with E-state index in [1.807, 2.05) is 0 Å². The van der Waals surface area contributed by atoms with E-state index < -0.39 is 17.9 Å². The molecule has 94 valence electrons. The van der Waals surface area contributed by atoms with Gasteiger partial charge in [0.2, 0.25) is 0 Å². The molecule has 0 atom stereocenters.